The normalized spacial score (nSPS) is 27.4. The van der Waals surface area contributed by atoms with Crippen molar-refractivity contribution in [3.05, 3.63) is 29.8 Å². The lowest BCUT2D eigenvalue weighted by atomic mass is 9.92. The number of halogens is 3. The maximum Gasteiger partial charge on any atom is 0.416 e. The van der Waals surface area contributed by atoms with Crippen LogP contribution in [0.2, 0.25) is 0 Å². The number of ether oxygens (including phenoxy) is 1. The maximum atomic E-state index is 13.1. The molecule has 0 bridgehead atoms. The summed E-state index contributed by atoms with van der Waals surface area (Å²) < 4.78 is 44.7. The van der Waals surface area contributed by atoms with Crippen molar-refractivity contribution in [3.63, 3.8) is 0 Å². The van der Waals surface area contributed by atoms with E-state index in [1.54, 1.807) is 6.07 Å². The molecule has 1 N–H and O–H groups in total. The number of carbonyl (C=O) groups excluding carboxylic acids is 1. The van der Waals surface area contributed by atoms with Gasteiger partial charge >= 0.3 is 6.18 Å². The molecule has 1 aromatic carbocycles. The first kappa shape index (κ1) is 27.8. The van der Waals surface area contributed by atoms with Crippen LogP contribution < -0.4 is 10.2 Å². The third-order valence-electron chi connectivity index (χ3n) is 7.36. The van der Waals surface area contributed by atoms with E-state index in [0.29, 0.717) is 49.9 Å². The highest BCUT2D eigenvalue weighted by Crippen LogP contribution is 2.33. The van der Waals surface area contributed by atoms with Crippen LogP contribution in [0.15, 0.2) is 24.3 Å². The number of alkyl halides is 3. The Morgan fingerprint density at radius 3 is 2.46 bits per heavy atom. The molecule has 4 atom stereocenters. The van der Waals surface area contributed by atoms with Gasteiger partial charge in [0, 0.05) is 56.5 Å². The van der Waals surface area contributed by atoms with Crippen molar-refractivity contribution in [1.82, 2.24) is 10.2 Å². The predicted octanol–water partition coefficient (Wildman–Crippen LogP) is 5.34. The summed E-state index contributed by atoms with van der Waals surface area (Å²) in [6, 6.07) is 6.31. The Bertz CT molecular complexity index is 796. The van der Waals surface area contributed by atoms with E-state index in [-0.39, 0.29) is 11.8 Å². The molecule has 0 spiro atoms. The van der Waals surface area contributed by atoms with E-state index in [9.17, 15) is 18.0 Å². The Morgan fingerprint density at radius 2 is 1.80 bits per heavy atom. The van der Waals surface area contributed by atoms with E-state index >= 15 is 0 Å². The van der Waals surface area contributed by atoms with Crippen LogP contribution in [-0.2, 0) is 15.7 Å². The molecule has 1 aliphatic carbocycles. The minimum Gasteiger partial charge on any atom is -0.381 e. The molecule has 4 rings (SSSR count). The largest absolute Gasteiger partial charge is 0.416 e. The van der Waals surface area contributed by atoms with Crippen LogP contribution in [-0.4, -0.2) is 62.3 Å². The summed E-state index contributed by atoms with van der Waals surface area (Å²) in [5, 5.41) is 3.80. The van der Waals surface area contributed by atoms with Crippen molar-refractivity contribution in [2.24, 2.45) is 11.8 Å². The first-order valence-electron chi connectivity index (χ1n) is 13.3. The van der Waals surface area contributed by atoms with Gasteiger partial charge in [0.1, 0.15) is 0 Å². The third kappa shape index (κ3) is 7.59. The smallest absolute Gasteiger partial charge is 0.381 e. The number of nitrogens with one attached hydrogen (secondary N) is 1. The maximum absolute atomic E-state index is 13.1. The average Bonchev–Trinajstić information content (AvgIpc) is 3.32. The quantitative estimate of drug-likeness (QED) is 0.596. The molecule has 1 amide bonds. The lowest BCUT2D eigenvalue weighted by Crippen LogP contribution is -2.50. The van der Waals surface area contributed by atoms with Crippen LogP contribution >= 0.6 is 0 Å². The number of hydrogen-bond acceptors (Lipinski definition) is 4. The monoisotopic (exact) mass is 497 g/mol. The van der Waals surface area contributed by atoms with Gasteiger partial charge in [-0.3, -0.25) is 4.79 Å². The molecular weight excluding hydrogens is 455 g/mol. The zero-order chi connectivity index (χ0) is 25.4. The second-order valence-electron chi connectivity index (χ2n) is 10.1. The molecule has 4 unspecified atom stereocenters. The first-order valence-corrected chi connectivity index (χ1v) is 13.3. The summed E-state index contributed by atoms with van der Waals surface area (Å²) in [6.45, 7) is 10.3. The standard InChI is InChI=1S/C24H34F3N3O2.C3H8/c1-2-17-16-32-13-8-22(17)28-20-7-6-18(14-20)23(31)30-11-9-29(10-12-30)21-5-3-4-19(15-21)24(25,26)27;1-3-2/h3-5,15,17-18,20,22,28H,2,6-14,16H2,1H3;3H2,1-2H3. The SMILES string of the molecule is CCC.CCC1COCCC1NC1CCC(C(=O)N2CCN(c3cccc(C(F)(F)F)c3)CC2)C1. The van der Waals surface area contributed by atoms with E-state index in [4.69, 9.17) is 4.74 Å². The van der Waals surface area contributed by atoms with Crippen molar-refractivity contribution in [2.75, 3.05) is 44.3 Å². The van der Waals surface area contributed by atoms with E-state index in [2.05, 4.69) is 26.1 Å². The fourth-order valence-corrected chi connectivity index (χ4v) is 5.40. The molecule has 2 aliphatic heterocycles. The predicted molar refractivity (Wildman–Crippen MR) is 133 cm³/mol. The van der Waals surface area contributed by atoms with E-state index < -0.39 is 11.7 Å². The highest BCUT2D eigenvalue weighted by molar-refractivity contribution is 5.79. The van der Waals surface area contributed by atoms with Gasteiger partial charge in [0.15, 0.2) is 0 Å². The molecular formula is C27H42F3N3O2. The highest BCUT2D eigenvalue weighted by atomic mass is 19.4. The van der Waals surface area contributed by atoms with E-state index in [1.165, 1.54) is 18.6 Å². The van der Waals surface area contributed by atoms with Crippen LogP contribution in [0.3, 0.4) is 0 Å². The lowest BCUT2D eigenvalue weighted by molar-refractivity contribution is -0.137. The van der Waals surface area contributed by atoms with Gasteiger partial charge in [0.05, 0.1) is 12.2 Å². The molecule has 0 aromatic heterocycles. The number of anilines is 1. The van der Waals surface area contributed by atoms with Gasteiger partial charge in [0.2, 0.25) is 5.91 Å². The van der Waals surface area contributed by atoms with Crippen molar-refractivity contribution in [3.8, 4) is 0 Å². The minimum absolute atomic E-state index is 0.0486. The van der Waals surface area contributed by atoms with Crippen LogP contribution in [0.4, 0.5) is 18.9 Å². The summed E-state index contributed by atoms with van der Waals surface area (Å²) in [5.74, 6) is 0.798. The van der Waals surface area contributed by atoms with Crippen LogP contribution in [0, 0.1) is 11.8 Å². The van der Waals surface area contributed by atoms with Crippen molar-refractivity contribution in [2.45, 2.75) is 77.6 Å². The molecule has 0 radical (unpaired) electrons. The van der Waals surface area contributed by atoms with Crippen molar-refractivity contribution < 1.29 is 22.7 Å². The molecule has 3 aliphatic rings. The Kier molecular flexibility index (Phi) is 10.3. The number of nitrogens with zero attached hydrogens (tertiary/aromatic N) is 2. The lowest BCUT2D eigenvalue weighted by Gasteiger charge is -2.37. The zero-order valence-corrected chi connectivity index (χ0v) is 21.4. The molecule has 198 valence electrons. The molecule has 35 heavy (non-hydrogen) atoms. The molecule has 3 fully saturated rings. The number of carbonyl (C=O) groups is 1. The van der Waals surface area contributed by atoms with Gasteiger partial charge in [-0.15, -0.1) is 0 Å². The molecule has 1 saturated carbocycles. The number of benzene rings is 1. The molecule has 2 saturated heterocycles. The number of rotatable bonds is 5. The minimum atomic E-state index is -4.34. The average molecular weight is 498 g/mol. The second kappa shape index (κ2) is 12.9. The topological polar surface area (TPSA) is 44.8 Å². The summed E-state index contributed by atoms with van der Waals surface area (Å²) in [4.78, 5) is 16.9. The molecule has 1 aromatic rings. The van der Waals surface area contributed by atoms with Crippen molar-refractivity contribution in [1.29, 1.82) is 0 Å². The van der Waals surface area contributed by atoms with E-state index in [1.807, 2.05) is 9.80 Å². The highest BCUT2D eigenvalue weighted by Gasteiger charge is 2.36. The summed E-state index contributed by atoms with van der Waals surface area (Å²) in [6.07, 6.45) is 1.84. The summed E-state index contributed by atoms with van der Waals surface area (Å²) >= 11 is 0. The Hall–Kier alpha value is -1.80. The first-order chi connectivity index (χ1) is 16.8. The molecule has 2 heterocycles. The van der Waals surface area contributed by atoms with Crippen LogP contribution in [0.25, 0.3) is 0 Å². The fourth-order valence-electron chi connectivity index (χ4n) is 5.40. The van der Waals surface area contributed by atoms with Gasteiger partial charge in [-0.1, -0.05) is 33.3 Å². The third-order valence-corrected chi connectivity index (χ3v) is 7.36. The molecule has 5 nitrogen and oxygen atoms in total. The number of hydrogen-bond donors (Lipinski definition) is 1. The van der Waals surface area contributed by atoms with Crippen LogP contribution in [0.1, 0.15) is 64.9 Å². The van der Waals surface area contributed by atoms with Crippen molar-refractivity contribution >= 4 is 11.6 Å². The zero-order valence-electron chi connectivity index (χ0n) is 21.4. The van der Waals surface area contributed by atoms with Gasteiger partial charge in [-0.2, -0.15) is 13.2 Å². The summed E-state index contributed by atoms with van der Waals surface area (Å²) in [5.41, 5.74) is -0.0631. The Morgan fingerprint density at radius 1 is 1.09 bits per heavy atom. The molecule has 8 heteroatoms. The fraction of sp³-hybridized carbons (Fsp3) is 0.741. The van der Waals surface area contributed by atoms with Gasteiger partial charge in [-0.05, 0) is 56.2 Å². The Labute approximate surface area is 208 Å². The Balaban J connectivity index is 0.00000108. The van der Waals surface area contributed by atoms with Gasteiger partial charge in [-0.25, -0.2) is 0 Å². The van der Waals surface area contributed by atoms with E-state index in [0.717, 1.165) is 51.4 Å². The number of piperazine rings is 1. The second-order valence-corrected chi connectivity index (χ2v) is 10.1. The van der Waals surface area contributed by atoms with Crippen LogP contribution in [0.5, 0.6) is 0 Å². The summed E-state index contributed by atoms with van der Waals surface area (Å²) in [7, 11) is 0. The van der Waals surface area contributed by atoms with Gasteiger partial charge in [0.25, 0.3) is 0 Å². The van der Waals surface area contributed by atoms with Gasteiger partial charge < -0.3 is 19.9 Å². The number of amides is 1.